The Morgan fingerprint density at radius 1 is 0.583 bits per heavy atom. The number of nitrogens with zero attached hydrogens (tertiary/aromatic N) is 1. The van der Waals surface area contributed by atoms with E-state index in [0.717, 1.165) is 6.42 Å². The fourth-order valence-corrected chi connectivity index (χ4v) is 3.55. The van der Waals surface area contributed by atoms with Crippen LogP contribution in [-0.2, 0) is 0 Å². The van der Waals surface area contributed by atoms with Crippen molar-refractivity contribution in [2.24, 2.45) is 0 Å². The Balaban J connectivity index is 3.32. The van der Waals surface area contributed by atoms with Crippen molar-refractivity contribution in [2.75, 3.05) is 13.6 Å². The van der Waals surface area contributed by atoms with Gasteiger partial charge in [0, 0.05) is 0 Å². The molecule has 2 heteroatoms. The van der Waals surface area contributed by atoms with Gasteiger partial charge in [0.2, 0.25) is 0 Å². The minimum atomic E-state index is 0.245. The Morgan fingerprint density at radius 3 is 1.42 bits per heavy atom. The summed E-state index contributed by atoms with van der Waals surface area (Å²) in [7, 11) is 2.20. The van der Waals surface area contributed by atoms with E-state index in [0.29, 0.717) is 0 Å². The van der Waals surface area contributed by atoms with Crippen molar-refractivity contribution < 1.29 is 0 Å². The number of rotatable bonds is 19. The Kier molecular flexibility index (Phi) is 19.8. The average Bonchev–Trinajstić information content (AvgIpc) is 2.59. The highest BCUT2D eigenvalue weighted by Gasteiger charge is 2.10. The van der Waals surface area contributed by atoms with Crippen LogP contribution in [0.25, 0.3) is 0 Å². The Bertz CT molecular complexity index is 208. The van der Waals surface area contributed by atoms with Gasteiger partial charge in [0.15, 0.2) is 0 Å². The number of hydrogen-bond acceptors (Lipinski definition) is 1. The van der Waals surface area contributed by atoms with E-state index in [4.69, 9.17) is 11.6 Å². The fourth-order valence-electron chi connectivity index (χ4n) is 3.30. The summed E-state index contributed by atoms with van der Waals surface area (Å²) in [6.45, 7) is 5.73. The molecule has 0 amide bonds. The Hall–Kier alpha value is 0.250. The molecule has 0 aliphatic rings. The molecule has 0 fully saturated rings. The summed E-state index contributed by atoms with van der Waals surface area (Å²) in [6.07, 6.45) is 23.4. The Morgan fingerprint density at radius 2 is 0.958 bits per heavy atom. The fraction of sp³-hybridized carbons (Fsp3) is 1.00. The maximum absolute atomic E-state index is 6.54. The zero-order valence-electron chi connectivity index (χ0n) is 17.1. The summed E-state index contributed by atoms with van der Waals surface area (Å²) in [5.41, 5.74) is 0.245. The average molecular weight is 360 g/mol. The van der Waals surface area contributed by atoms with Crippen LogP contribution in [0.4, 0.5) is 0 Å². The quantitative estimate of drug-likeness (QED) is 0.128. The first kappa shape index (κ1) is 24.2. The first-order valence-corrected chi connectivity index (χ1v) is 11.5. The van der Waals surface area contributed by atoms with Crippen molar-refractivity contribution in [3.8, 4) is 0 Å². The number of hydrogen-bond donors (Lipinski definition) is 0. The molecule has 0 rings (SSSR count). The second-order valence-electron chi connectivity index (χ2n) is 7.65. The predicted octanol–water partition coefficient (Wildman–Crippen LogP) is 8.15. The van der Waals surface area contributed by atoms with Crippen molar-refractivity contribution in [1.82, 2.24) is 4.90 Å². The highest BCUT2D eigenvalue weighted by molar-refractivity contribution is 6.20. The molecular weight excluding hydrogens is 314 g/mol. The van der Waals surface area contributed by atoms with E-state index >= 15 is 0 Å². The minimum Gasteiger partial charge on any atom is -0.291 e. The summed E-state index contributed by atoms with van der Waals surface area (Å²) in [5.74, 6) is 0. The largest absolute Gasteiger partial charge is 0.291 e. The van der Waals surface area contributed by atoms with Crippen molar-refractivity contribution in [3.63, 3.8) is 0 Å². The molecule has 0 aromatic rings. The smallest absolute Gasteiger partial charge is 0.0847 e. The van der Waals surface area contributed by atoms with E-state index in [1.54, 1.807) is 0 Å². The van der Waals surface area contributed by atoms with Crippen LogP contribution < -0.4 is 0 Å². The first-order chi connectivity index (χ1) is 11.7. The van der Waals surface area contributed by atoms with Gasteiger partial charge in [-0.1, -0.05) is 110 Å². The lowest BCUT2D eigenvalue weighted by Crippen LogP contribution is -2.28. The molecule has 1 unspecified atom stereocenters. The zero-order chi connectivity index (χ0) is 17.9. The van der Waals surface area contributed by atoms with Gasteiger partial charge in [0.1, 0.15) is 0 Å². The third-order valence-electron chi connectivity index (χ3n) is 5.14. The number of unbranched alkanes of at least 4 members (excludes halogenated alkanes) is 14. The lowest BCUT2D eigenvalue weighted by atomic mass is 10.1. The molecule has 0 saturated carbocycles. The van der Waals surface area contributed by atoms with Gasteiger partial charge in [0.05, 0.1) is 5.50 Å². The molecule has 0 bridgehead atoms. The second-order valence-corrected chi connectivity index (χ2v) is 8.16. The van der Waals surface area contributed by atoms with Gasteiger partial charge in [-0.15, -0.1) is 11.6 Å². The first-order valence-electron chi connectivity index (χ1n) is 11.1. The second kappa shape index (κ2) is 19.6. The van der Waals surface area contributed by atoms with Crippen molar-refractivity contribution in [3.05, 3.63) is 0 Å². The maximum atomic E-state index is 6.54. The van der Waals surface area contributed by atoms with Crippen molar-refractivity contribution in [2.45, 2.75) is 129 Å². The van der Waals surface area contributed by atoms with Gasteiger partial charge in [-0.2, -0.15) is 0 Å². The van der Waals surface area contributed by atoms with E-state index in [-0.39, 0.29) is 5.50 Å². The van der Waals surface area contributed by atoms with E-state index in [1.165, 1.54) is 109 Å². The molecule has 0 aliphatic carbocycles. The monoisotopic (exact) mass is 359 g/mol. The molecule has 0 spiro atoms. The third kappa shape index (κ3) is 17.1. The van der Waals surface area contributed by atoms with Gasteiger partial charge < -0.3 is 0 Å². The summed E-state index contributed by atoms with van der Waals surface area (Å²) >= 11 is 6.54. The molecular formula is C22H46ClN. The van der Waals surface area contributed by atoms with Crippen LogP contribution in [0.2, 0.25) is 0 Å². The lowest BCUT2D eigenvalue weighted by Gasteiger charge is -2.22. The molecule has 146 valence electrons. The highest BCUT2D eigenvalue weighted by Crippen LogP contribution is 2.16. The van der Waals surface area contributed by atoms with E-state index < -0.39 is 0 Å². The number of halogens is 1. The molecule has 1 nitrogen and oxygen atoms in total. The molecule has 0 aromatic heterocycles. The van der Waals surface area contributed by atoms with Crippen LogP contribution in [-0.4, -0.2) is 24.0 Å². The van der Waals surface area contributed by atoms with E-state index in [9.17, 15) is 0 Å². The van der Waals surface area contributed by atoms with E-state index in [1.807, 2.05) is 0 Å². The van der Waals surface area contributed by atoms with Crippen molar-refractivity contribution >= 4 is 11.6 Å². The van der Waals surface area contributed by atoms with Gasteiger partial charge in [-0.25, -0.2) is 0 Å². The standard InChI is InChI=1S/C22H46ClN/c1-4-6-8-10-12-14-16-18-20-22(23)24(3)21-19-17-15-13-11-9-7-5-2/h22H,4-21H2,1-3H3. The molecule has 0 radical (unpaired) electrons. The van der Waals surface area contributed by atoms with E-state index in [2.05, 4.69) is 25.8 Å². The minimum absolute atomic E-state index is 0.245. The predicted molar refractivity (Wildman–Crippen MR) is 112 cm³/mol. The topological polar surface area (TPSA) is 3.24 Å². The normalized spacial score (nSPS) is 12.9. The molecule has 0 saturated heterocycles. The molecule has 0 N–H and O–H groups in total. The lowest BCUT2D eigenvalue weighted by molar-refractivity contribution is 0.283. The third-order valence-corrected chi connectivity index (χ3v) is 5.69. The summed E-state index contributed by atoms with van der Waals surface area (Å²) < 4.78 is 0. The Labute approximate surface area is 158 Å². The SMILES string of the molecule is CCCCCCCCCCC(Cl)N(C)CCCCCCCCCC. The van der Waals surface area contributed by atoms with Gasteiger partial charge in [-0.05, 0) is 26.4 Å². The van der Waals surface area contributed by atoms with Gasteiger partial charge >= 0.3 is 0 Å². The zero-order valence-corrected chi connectivity index (χ0v) is 17.9. The van der Waals surface area contributed by atoms with Crippen LogP contribution >= 0.6 is 11.6 Å². The van der Waals surface area contributed by atoms with Crippen LogP contribution in [0.5, 0.6) is 0 Å². The van der Waals surface area contributed by atoms with Gasteiger partial charge in [0.25, 0.3) is 0 Å². The molecule has 0 aliphatic heterocycles. The van der Waals surface area contributed by atoms with Crippen LogP contribution in [0.3, 0.4) is 0 Å². The van der Waals surface area contributed by atoms with Crippen LogP contribution in [0.15, 0.2) is 0 Å². The highest BCUT2D eigenvalue weighted by atomic mass is 35.5. The molecule has 0 aromatic carbocycles. The van der Waals surface area contributed by atoms with Crippen LogP contribution in [0.1, 0.15) is 123 Å². The van der Waals surface area contributed by atoms with Crippen molar-refractivity contribution in [1.29, 1.82) is 0 Å². The summed E-state index contributed by atoms with van der Waals surface area (Å²) in [4.78, 5) is 2.36. The summed E-state index contributed by atoms with van der Waals surface area (Å²) in [6, 6.07) is 0. The molecule has 1 atom stereocenters. The summed E-state index contributed by atoms with van der Waals surface area (Å²) in [5, 5.41) is 0. The molecule has 0 heterocycles. The maximum Gasteiger partial charge on any atom is 0.0847 e. The van der Waals surface area contributed by atoms with Gasteiger partial charge in [-0.3, -0.25) is 4.90 Å². The number of alkyl halides is 1. The van der Waals surface area contributed by atoms with Crippen LogP contribution in [0, 0.1) is 0 Å². The molecule has 24 heavy (non-hydrogen) atoms.